The average molecular weight is 916 g/mol. The van der Waals surface area contributed by atoms with Crippen LogP contribution in [-0.2, 0) is 12.5 Å². The van der Waals surface area contributed by atoms with Crippen molar-refractivity contribution in [2.75, 3.05) is 0 Å². The Balaban J connectivity index is 0.000000143. The van der Waals surface area contributed by atoms with Gasteiger partial charge >= 0.3 is 0 Å². The second kappa shape index (κ2) is 18.8. The zero-order valence-electron chi connectivity index (χ0n) is 41.4. The molecule has 0 saturated heterocycles. The van der Waals surface area contributed by atoms with E-state index in [-0.39, 0.29) is 0 Å². The summed E-state index contributed by atoms with van der Waals surface area (Å²) < 4.78 is 7.99. The molecule has 0 spiro atoms. The van der Waals surface area contributed by atoms with Gasteiger partial charge in [0.15, 0.2) is 0 Å². The van der Waals surface area contributed by atoms with Gasteiger partial charge in [0.2, 0.25) is 0 Å². The molecule has 2 aromatic heterocycles. The van der Waals surface area contributed by atoms with Crippen LogP contribution in [0.2, 0.25) is 0 Å². The van der Waals surface area contributed by atoms with Gasteiger partial charge in [0.25, 0.3) is 0 Å². The molecule has 11 aromatic carbocycles. The monoisotopic (exact) mass is 915 g/mol. The fourth-order valence-corrected chi connectivity index (χ4v) is 11.3. The lowest BCUT2D eigenvalue weighted by Crippen LogP contribution is -2.28. The molecule has 13 aromatic rings. The topological polar surface area (TPSA) is 18.1 Å². The van der Waals surface area contributed by atoms with Gasteiger partial charge in [0.05, 0.1) is 10.9 Å². The van der Waals surface area contributed by atoms with E-state index in [0.29, 0.717) is 0 Å². The summed E-state index contributed by atoms with van der Waals surface area (Å²) in [6, 6.07) is 85.7. The molecule has 2 heterocycles. The number of fused-ring (bicyclic) bond motifs is 12. The Hall–Kier alpha value is -8.46. The second-order valence-corrected chi connectivity index (χ2v) is 18.6. The summed E-state index contributed by atoms with van der Waals surface area (Å²) in [6.07, 6.45) is 0. The first kappa shape index (κ1) is 45.0. The molecule has 2 heteroatoms. The van der Waals surface area contributed by atoms with Crippen molar-refractivity contribution >= 4 is 65.3 Å². The third kappa shape index (κ3) is 7.68. The maximum atomic E-state index is 5.71. The van der Waals surface area contributed by atoms with Gasteiger partial charge in [0.1, 0.15) is 11.2 Å². The van der Waals surface area contributed by atoms with Crippen LogP contribution in [0.15, 0.2) is 241 Å². The first-order valence-corrected chi connectivity index (χ1v) is 25.0. The lowest BCUT2D eigenvalue weighted by molar-refractivity contribution is 0.669. The number of benzene rings is 11. The lowest BCUT2D eigenvalue weighted by Gasteiger charge is -2.34. The van der Waals surface area contributed by atoms with Gasteiger partial charge in [-0.05, 0) is 129 Å². The van der Waals surface area contributed by atoms with E-state index in [0.717, 1.165) is 11.2 Å². The quantitative estimate of drug-likeness (QED) is 0.173. The number of aromatic nitrogens is 1. The molecular formula is C69H57NO. The minimum atomic E-state index is -0.422. The van der Waals surface area contributed by atoms with E-state index in [4.69, 9.17) is 4.42 Å². The molecule has 0 amide bonds. The summed E-state index contributed by atoms with van der Waals surface area (Å²) in [6.45, 7) is 10.5. The number of hydrogen-bond donors (Lipinski definition) is 0. The Kier molecular flexibility index (Phi) is 11.9. The fourth-order valence-electron chi connectivity index (χ4n) is 11.3. The second-order valence-electron chi connectivity index (χ2n) is 18.6. The van der Waals surface area contributed by atoms with Crippen LogP contribution in [0, 0.1) is 20.8 Å². The van der Waals surface area contributed by atoms with Crippen LogP contribution in [0.25, 0.3) is 87.5 Å². The van der Waals surface area contributed by atoms with Crippen molar-refractivity contribution in [1.29, 1.82) is 0 Å². The van der Waals surface area contributed by atoms with Gasteiger partial charge in [-0.3, -0.25) is 0 Å². The summed E-state index contributed by atoms with van der Waals surface area (Å²) in [7, 11) is 2.14. The summed E-state index contributed by atoms with van der Waals surface area (Å²) in [5.41, 5.74) is 18.6. The molecule has 1 aliphatic rings. The molecule has 2 nitrogen and oxygen atoms in total. The van der Waals surface area contributed by atoms with Crippen molar-refractivity contribution in [2.24, 2.45) is 7.05 Å². The van der Waals surface area contributed by atoms with Gasteiger partial charge in [-0.2, -0.15) is 0 Å². The number of para-hydroxylation sites is 3. The lowest BCUT2D eigenvalue weighted by atomic mass is 9.67. The van der Waals surface area contributed by atoms with E-state index in [1.165, 1.54) is 115 Å². The highest BCUT2D eigenvalue weighted by Crippen LogP contribution is 2.59. The molecule has 0 unspecified atom stereocenters. The number of nitrogens with zero attached hydrogens (tertiary/aromatic N) is 1. The third-order valence-electron chi connectivity index (χ3n) is 14.4. The van der Waals surface area contributed by atoms with Crippen LogP contribution in [0.1, 0.15) is 52.8 Å². The molecule has 0 fully saturated rings. The Morgan fingerprint density at radius 3 is 1.70 bits per heavy atom. The van der Waals surface area contributed by atoms with Crippen LogP contribution < -0.4 is 0 Å². The number of rotatable bonds is 3. The van der Waals surface area contributed by atoms with Gasteiger partial charge < -0.3 is 8.98 Å². The Bertz CT molecular complexity index is 4020. The van der Waals surface area contributed by atoms with E-state index in [2.05, 4.69) is 245 Å². The average Bonchev–Trinajstić information content (AvgIpc) is 4.05. The number of aryl methyl sites for hydroxylation is 4. The van der Waals surface area contributed by atoms with Crippen LogP contribution in [0.5, 0.6) is 0 Å². The van der Waals surface area contributed by atoms with Crippen molar-refractivity contribution in [3.63, 3.8) is 0 Å². The normalized spacial score (nSPS) is 12.2. The first-order chi connectivity index (χ1) is 34.9. The predicted molar refractivity (Wildman–Crippen MR) is 304 cm³/mol. The van der Waals surface area contributed by atoms with Gasteiger partial charge in [-0.1, -0.05) is 225 Å². The maximum absolute atomic E-state index is 5.71. The molecule has 0 radical (unpaired) electrons. The molecule has 0 atom stereocenters. The van der Waals surface area contributed by atoms with E-state index in [1.807, 2.05) is 38.1 Å². The molecule has 0 saturated carbocycles. The van der Waals surface area contributed by atoms with Crippen LogP contribution >= 0.6 is 0 Å². The highest BCUT2D eigenvalue weighted by Gasteiger charge is 2.47. The Morgan fingerprint density at radius 2 is 0.958 bits per heavy atom. The summed E-state index contributed by atoms with van der Waals surface area (Å²) >= 11 is 0. The van der Waals surface area contributed by atoms with Crippen molar-refractivity contribution in [3.05, 3.63) is 276 Å². The number of hydrogen-bond acceptors (Lipinski definition) is 1. The zero-order chi connectivity index (χ0) is 48.6. The number of furan rings is 1. The standard InChI is InChI=1S/C40H28.C14H13N.C13H10O.C2H6/c1-27-20-23-35-37(24-27)40(31-14-4-2-5-15-31,32-16-6-3-7-17-32)38-26-36(33-18-10-11-19-34(33)39(35)38)30-22-21-28-12-8-9-13-29(28)25-30;1-10-6-5-8-12-11-7-3-4-9-13(11)15(2)14(10)12;1-9-6-7-13-11(8-9)10-4-2-3-5-12(10)14-13;1-2/h2-26H,1H3;3-9H,1-2H3;2-8H,1H3;1-2H3. The molecular weight excluding hydrogens is 859 g/mol. The molecule has 14 rings (SSSR count). The minimum absolute atomic E-state index is 0.422. The maximum Gasteiger partial charge on any atom is 0.135 e. The Labute approximate surface area is 417 Å². The largest absolute Gasteiger partial charge is 0.456 e. The van der Waals surface area contributed by atoms with Crippen molar-refractivity contribution in [2.45, 2.75) is 40.0 Å². The first-order valence-electron chi connectivity index (χ1n) is 25.0. The smallest absolute Gasteiger partial charge is 0.135 e. The SMILES string of the molecule is CC.Cc1ccc2c(c1)C(c1ccccc1)(c1ccccc1)c1cc(-c3ccc4ccccc4c3)c3ccccc3c1-2.Cc1ccc2oc3ccccc3c2c1.Cc1cccc2c3ccccc3n(C)c12. The van der Waals surface area contributed by atoms with Gasteiger partial charge in [0, 0.05) is 34.1 Å². The van der Waals surface area contributed by atoms with Crippen molar-refractivity contribution in [1.82, 2.24) is 4.57 Å². The van der Waals surface area contributed by atoms with E-state index in [1.54, 1.807) is 0 Å². The van der Waals surface area contributed by atoms with Crippen LogP contribution in [0.4, 0.5) is 0 Å². The summed E-state index contributed by atoms with van der Waals surface area (Å²) in [5.74, 6) is 0. The van der Waals surface area contributed by atoms with Crippen LogP contribution in [0.3, 0.4) is 0 Å². The highest BCUT2D eigenvalue weighted by molar-refractivity contribution is 6.11. The third-order valence-corrected chi connectivity index (χ3v) is 14.4. The van der Waals surface area contributed by atoms with E-state index < -0.39 is 5.41 Å². The van der Waals surface area contributed by atoms with E-state index >= 15 is 0 Å². The molecule has 0 bridgehead atoms. The minimum Gasteiger partial charge on any atom is -0.456 e. The molecule has 0 N–H and O–H groups in total. The van der Waals surface area contributed by atoms with Gasteiger partial charge in [-0.15, -0.1) is 0 Å². The van der Waals surface area contributed by atoms with Gasteiger partial charge in [-0.25, -0.2) is 0 Å². The predicted octanol–water partition coefficient (Wildman–Crippen LogP) is 18.9. The van der Waals surface area contributed by atoms with Crippen molar-refractivity contribution < 1.29 is 4.42 Å². The summed E-state index contributed by atoms with van der Waals surface area (Å²) in [4.78, 5) is 0. The molecule has 1 aliphatic carbocycles. The molecule has 344 valence electrons. The molecule has 0 aliphatic heterocycles. The Morgan fingerprint density at radius 1 is 0.380 bits per heavy atom. The molecule has 71 heavy (non-hydrogen) atoms. The summed E-state index contributed by atoms with van der Waals surface area (Å²) in [5, 5.41) is 10.2. The van der Waals surface area contributed by atoms with Crippen molar-refractivity contribution in [3.8, 4) is 22.3 Å². The highest BCUT2D eigenvalue weighted by atomic mass is 16.3. The van der Waals surface area contributed by atoms with E-state index in [9.17, 15) is 0 Å². The van der Waals surface area contributed by atoms with Crippen LogP contribution in [-0.4, -0.2) is 4.57 Å². The fraction of sp³-hybridized carbons (Fsp3) is 0.101. The zero-order valence-corrected chi connectivity index (χ0v) is 41.4.